The number of nitrogens with zero attached hydrogens (tertiary/aromatic N) is 1. The molecule has 2 rings (SSSR count). The molecule has 0 heterocycles. The summed E-state index contributed by atoms with van der Waals surface area (Å²) >= 11 is 3.86. The van der Waals surface area contributed by atoms with E-state index < -0.39 is 10.7 Å². The standard InChI is InChI=1S/C42H66N.BrH.ClH.Ni/c1-9-16-19-21-22-24-26-38-32-39(31-36(13-5)40(38)14-6)43-42(15-7)33(8)28-34-29-35(12-4)41(27-18-11-3)37(30-34)25-23-20-17-10-2;;;/h29-32H,9-27H2,1-8H3;2*1H;/q;;;+2/p-2. The predicted molar refractivity (Wildman–Crippen MR) is 209 cm³/mol. The molecule has 0 spiro atoms. The maximum absolute atomic E-state index is 7.05. The molecule has 0 amide bonds. The molecule has 0 bridgehead atoms. The van der Waals surface area contributed by atoms with Gasteiger partial charge in [-0.25, -0.2) is 0 Å². The zero-order valence-electron chi connectivity index (χ0n) is 30.8. The van der Waals surface area contributed by atoms with Crippen molar-refractivity contribution in [2.75, 3.05) is 0 Å². The average molecular weight is 759 g/mol. The zero-order chi connectivity index (χ0) is 33.9. The molecule has 0 saturated carbocycles. The van der Waals surface area contributed by atoms with E-state index in [9.17, 15) is 0 Å². The minimum absolute atomic E-state index is 0.752. The normalized spacial score (nSPS) is 12.9. The third-order valence-electron chi connectivity index (χ3n) is 9.54. The maximum atomic E-state index is 7.05. The van der Waals surface area contributed by atoms with E-state index in [2.05, 4.69) is 93.9 Å². The van der Waals surface area contributed by atoms with Crippen LogP contribution in [-0.2, 0) is 49.3 Å². The molecule has 2 aromatic carbocycles. The molecule has 0 atom stereocenters. The molecule has 0 N–H and O–H groups in total. The van der Waals surface area contributed by atoms with E-state index in [1.165, 1.54) is 116 Å². The van der Waals surface area contributed by atoms with Gasteiger partial charge >= 0.3 is 283 Å². The first-order chi connectivity index (χ1) is 22.3. The summed E-state index contributed by atoms with van der Waals surface area (Å²) in [6.07, 6.45) is 23.2. The Morgan fingerprint density at radius 2 is 1.11 bits per heavy atom. The van der Waals surface area contributed by atoms with Crippen LogP contribution in [0, 0.1) is 0 Å². The van der Waals surface area contributed by atoms with Crippen LogP contribution >= 0.6 is 24.4 Å². The first-order valence-electron chi connectivity index (χ1n) is 18.8. The summed E-state index contributed by atoms with van der Waals surface area (Å²) in [5, 5.41) is 0. The van der Waals surface area contributed by atoms with Crippen molar-refractivity contribution in [3.05, 3.63) is 68.8 Å². The van der Waals surface area contributed by atoms with E-state index in [4.69, 9.17) is 15.2 Å². The second-order valence-corrected chi connectivity index (χ2v) is 18.2. The Morgan fingerprint density at radius 3 is 1.65 bits per heavy atom. The van der Waals surface area contributed by atoms with Crippen LogP contribution in [-0.4, -0.2) is 5.71 Å². The van der Waals surface area contributed by atoms with Crippen molar-refractivity contribution in [1.29, 1.82) is 0 Å². The predicted octanol–water partition coefficient (Wildman–Crippen LogP) is 14.7. The fourth-order valence-corrected chi connectivity index (χ4v) is 9.69. The van der Waals surface area contributed by atoms with Gasteiger partial charge in [0, 0.05) is 0 Å². The van der Waals surface area contributed by atoms with Gasteiger partial charge in [-0.15, -0.1) is 0 Å². The van der Waals surface area contributed by atoms with E-state index in [-0.39, 0.29) is 0 Å². The average Bonchev–Trinajstić information content (AvgIpc) is 3.05. The summed E-state index contributed by atoms with van der Waals surface area (Å²) < 4.78 is 1.21. The molecule has 0 unspecified atom stereocenters. The third-order valence-corrected chi connectivity index (χ3v) is 12.1. The molecule has 0 fully saturated rings. The summed E-state index contributed by atoms with van der Waals surface area (Å²) in [5.74, 6) is 0. The Morgan fingerprint density at radius 1 is 0.609 bits per heavy atom. The van der Waals surface area contributed by atoms with E-state index >= 15 is 0 Å². The molecular formula is C42H66BrClNNi. The number of aliphatic imine (C=N–C) groups is 1. The van der Waals surface area contributed by atoms with Crippen LogP contribution in [0.1, 0.15) is 178 Å². The summed E-state index contributed by atoms with van der Waals surface area (Å²) in [6, 6.07) is 9.69. The molecule has 0 aliphatic rings. The number of rotatable bonds is 23. The summed E-state index contributed by atoms with van der Waals surface area (Å²) in [5.41, 5.74) is 13.9. The van der Waals surface area contributed by atoms with E-state index in [0.29, 0.717) is 0 Å². The van der Waals surface area contributed by atoms with E-state index in [1.807, 2.05) is 0 Å². The van der Waals surface area contributed by atoms with Crippen molar-refractivity contribution < 1.29 is 10.7 Å². The molecule has 46 heavy (non-hydrogen) atoms. The number of halogens is 2. The fourth-order valence-electron chi connectivity index (χ4n) is 6.88. The van der Waals surface area contributed by atoms with Crippen LogP contribution in [0.15, 0.2) is 34.8 Å². The number of allylic oxidation sites excluding steroid dienone is 1. The Hall–Kier alpha value is -0.886. The minimum atomic E-state index is -0.752. The number of hydrogen-bond acceptors (Lipinski definition) is 1. The number of hydrogen-bond donors (Lipinski definition) is 0. The van der Waals surface area contributed by atoms with Crippen molar-refractivity contribution in [2.45, 2.75) is 177 Å². The Bertz CT molecular complexity index is 1240. The van der Waals surface area contributed by atoms with Gasteiger partial charge in [-0.05, 0) is 0 Å². The van der Waals surface area contributed by atoms with Gasteiger partial charge in [0.15, 0.2) is 0 Å². The molecule has 0 aromatic heterocycles. The van der Waals surface area contributed by atoms with Gasteiger partial charge < -0.3 is 0 Å². The molecule has 0 radical (unpaired) electrons. The van der Waals surface area contributed by atoms with Gasteiger partial charge in [0.25, 0.3) is 0 Å². The zero-order valence-corrected chi connectivity index (χ0v) is 34.1. The van der Waals surface area contributed by atoms with Gasteiger partial charge in [0.2, 0.25) is 0 Å². The summed E-state index contributed by atoms with van der Waals surface area (Å²) in [4.78, 5) is 5.40. The van der Waals surface area contributed by atoms with Crippen molar-refractivity contribution in [3.63, 3.8) is 0 Å². The number of unbranched alkanes of at least 4 members (excludes halogenated alkanes) is 9. The monoisotopic (exact) mass is 756 g/mol. The van der Waals surface area contributed by atoms with Gasteiger partial charge in [0.05, 0.1) is 0 Å². The van der Waals surface area contributed by atoms with Crippen molar-refractivity contribution in [2.24, 2.45) is 4.99 Å². The molecule has 0 aliphatic heterocycles. The second-order valence-electron chi connectivity index (χ2n) is 13.0. The molecule has 1 nitrogen and oxygen atoms in total. The first kappa shape index (κ1) is 41.3. The van der Waals surface area contributed by atoms with Crippen LogP contribution in [0.25, 0.3) is 4.54 Å². The molecule has 263 valence electrons. The number of aryl methyl sites for hydroxylation is 4. The molecule has 0 aliphatic carbocycles. The van der Waals surface area contributed by atoms with E-state index in [1.54, 1.807) is 16.7 Å². The van der Waals surface area contributed by atoms with Gasteiger partial charge in [0.1, 0.15) is 0 Å². The third kappa shape index (κ3) is 12.9. The Labute approximate surface area is 300 Å². The van der Waals surface area contributed by atoms with Crippen molar-refractivity contribution >= 4 is 40.4 Å². The second kappa shape index (κ2) is 23.5. The Kier molecular flexibility index (Phi) is 21.1. The molecule has 4 heteroatoms. The van der Waals surface area contributed by atoms with E-state index in [0.717, 1.165) is 49.9 Å². The van der Waals surface area contributed by atoms with Crippen LogP contribution < -0.4 is 0 Å². The Balaban J connectivity index is 2.61. The van der Waals surface area contributed by atoms with Gasteiger partial charge in [-0.3, -0.25) is 0 Å². The van der Waals surface area contributed by atoms with Gasteiger partial charge in [-0.2, -0.15) is 0 Å². The SMILES string of the molecule is CCCCCCCCc1cc(N=C(CC)C(C)=[C](c2cc(CC)c(CCCC)c(CCCCCC)c2)[Ni]([Cl])[Br])cc(CC)c1CC. The summed E-state index contributed by atoms with van der Waals surface area (Å²) in [6.45, 7) is 18.3. The van der Waals surface area contributed by atoms with Crippen molar-refractivity contribution in [3.8, 4) is 0 Å². The molecule has 2 aromatic rings. The van der Waals surface area contributed by atoms with Crippen LogP contribution in [0.2, 0.25) is 0 Å². The van der Waals surface area contributed by atoms with Gasteiger partial charge in [-0.1, -0.05) is 19.8 Å². The summed E-state index contributed by atoms with van der Waals surface area (Å²) in [7, 11) is 6.30. The quantitative estimate of drug-likeness (QED) is 0.0608. The topological polar surface area (TPSA) is 12.4 Å². The number of benzene rings is 2. The molecular weight excluding hydrogens is 693 g/mol. The fraction of sp³-hybridized carbons (Fsp3) is 0.643. The van der Waals surface area contributed by atoms with Crippen molar-refractivity contribution in [1.82, 2.24) is 0 Å². The van der Waals surface area contributed by atoms with Crippen LogP contribution in [0.4, 0.5) is 5.69 Å². The van der Waals surface area contributed by atoms with Crippen LogP contribution in [0.5, 0.6) is 0 Å². The first-order valence-corrected chi connectivity index (χ1v) is 23.1. The van der Waals surface area contributed by atoms with Crippen LogP contribution in [0.3, 0.4) is 0 Å². The molecule has 0 saturated heterocycles.